The number of amides is 1. The van der Waals surface area contributed by atoms with E-state index >= 15 is 0 Å². The first-order valence-corrected chi connectivity index (χ1v) is 7.02. The van der Waals surface area contributed by atoms with Gasteiger partial charge in [-0.3, -0.25) is 9.69 Å². The monoisotopic (exact) mass is 265 g/mol. The van der Waals surface area contributed by atoms with Gasteiger partial charge in [0.25, 0.3) is 0 Å². The summed E-state index contributed by atoms with van der Waals surface area (Å²) in [7, 11) is 1.95. The highest BCUT2D eigenvalue weighted by Gasteiger charge is 2.43. The minimum absolute atomic E-state index is 0.0606. The number of hydrogen-bond acceptors (Lipinski definition) is 3. The number of carbonyl (C=O) groups excluding carboxylic acids is 1. The van der Waals surface area contributed by atoms with Crippen LogP contribution in [0.5, 0.6) is 0 Å². The third-order valence-electron chi connectivity index (χ3n) is 4.33. The topological polar surface area (TPSA) is 56.1 Å². The average Bonchev–Trinajstić information content (AvgIpc) is 3.10. The Morgan fingerprint density at radius 2 is 1.95 bits per heavy atom. The van der Waals surface area contributed by atoms with Crippen LogP contribution < -0.4 is 5.32 Å². The molecule has 0 unspecified atom stereocenters. The number of rotatable bonds is 5. The van der Waals surface area contributed by atoms with Gasteiger partial charge in [-0.05, 0) is 45.1 Å². The van der Waals surface area contributed by atoms with Crippen LogP contribution in [-0.2, 0) is 4.79 Å². The Kier molecular flexibility index (Phi) is 4.63. The Bertz CT molecular complexity index is 376. The fourth-order valence-corrected chi connectivity index (χ4v) is 2.24. The predicted octanol–water partition coefficient (Wildman–Crippen LogP) is 2.16. The van der Waals surface area contributed by atoms with Crippen LogP contribution in [0.4, 0.5) is 0 Å². The SMILES string of the molecule is C[C@@H](N(C)CC(=O)N[C@@](C)(C#N)C1CC1)C(C)(C)C. The van der Waals surface area contributed by atoms with Gasteiger partial charge >= 0.3 is 0 Å². The Balaban J connectivity index is 2.54. The van der Waals surface area contributed by atoms with Crippen molar-refractivity contribution in [1.82, 2.24) is 10.2 Å². The summed E-state index contributed by atoms with van der Waals surface area (Å²) >= 11 is 0. The lowest BCUT2D eigenvalue weighted by molar-refractivity contribution is -0.124. The maximum atomic E-state index is 12.1. The number of nitrogens with one attached hydrogen (secondary N) is 1. The van der Waals surface area contributed by atoms with Crippen molar-refractivity contribution in [2.75, 3.05) is 13.6 Å². The number of nitriles is 1. The molecule has 108 valence electrons. The molecule has 0 saturated heterocycles. The van der Waals surface area contributed by atoms with Crippen molar-refractivity contribution in [3.8, 4) is 6.07 Å². The van der Waals surface area contributed by atoms with Crippen molar-refractivity contribution in [3.05, 3.63) is 0 Å². The molecule has 2 atom stereocenters. The molecule has 1 saturated carbocycles. The van der Waals surface area contributed by atoms with Gasteiger partial charge in [-0.2, -0.15) is 5.26 Å². The van der Waals surface area contributed by atoms with E-state index in [2.05, 4.69) is 39.1 Å². The zero-order chi connectivity index (χ0) is 14.8. The highest BCUT2D eigenvalue weighted by molar-refractivity contribution is 5.79. The molecule has 19 heavy (non-hydrogen) atoms. The molecule has 0 aromatic carbocycles. The molecule has 0 radical (unpaired) electrons. The lowest BCUT2D eigenvalue weighted by atomic mass is 9.87. The quantitative estimate of drug-likeness (QED) is 0.828. The maximum absolute atomic E-state index is 12.1. The predicted molar refractivity (Wildman–Crippen MR) is 76.4 cm³/mol. The molecule has 1 amide bonds. The van der Waals surface area contributed by atoms with Gasteiger partial charge in [0.05, 0.1) is 12.6 Å². The summed E-state index contributed by atoms with van der Waals surface area (Å²) in [5.41, 5.74) is -0.563. The molecular formula is C15H27N3O. The van der Waals surface area contributed by atoms with E-state index in [1.165, 1.54) is 0 Å². The van der Waals surface area contributed by atoms with Crippen LogP contribution in [0.3, 0.4) is 0 Å². The Hall–Kier alpha value is -1.08. The molecule has 1 aliphatic rings. The summed E-state index contributed by atoms with van der Waals surface area (Å²) in [6.45, 7) is 10.8. The van der Waals surface area contributed by atoms with E-state index in [-0.39, 0.29) is 11.3 Å². The molecule has 4 heteroatoms. The van der Waals surface area contributed by atoms with Crippen molar-refractivity contribution >= 4 is 5.91 Å². The fraction of sp³-hybridized carbons (Fsp3) is 0.867. The van der Waals surface area contributed by atoms with Gasteiger partial charge < -0.3 is 5.32 Å². The van der Waals surface area contributed by atoms with Crippen LogP contribution in [0.1, 0.15) is 47.5 Å². The van der Waals surface area contributed by atoms with Crippen molar-refractivity contribution in [1.29, 1.82) is 5.26 Å². The Labute approximate surface area is 117 Å². The van der Waals surface area contributed by atoms with Crippen molar-refractivity contribution in [3.63, 3.8) is 0 Å². The van der Waals surface area contributed by atoms with Crippen LogP contribution in [0.2, 0.25) is 0 Å². The van der Waals surface area contributed by atoms with Crippen LogP contribution >= 0.6 is 0 Å². The van der Waals surface area contributed by atoms with Gasteiger partial charge in [0.1, 0.15) is 5.54 Å². The van der Waals surface area contributed by atoms with E-state index in [9.17, 15) is 10.1 Å². The summed E-state index contributed by atoms with van der Waals surface area (Å²) in [5.74, 6) is 0.265. The molecule has 0 heterocycles. The van der Waals surface area contributed by atoms with Gasteiger partial charge in [-0.15, -0.1) is 0 Å². The molecule has 1 N–H and O–H groups in total. The second-order valence-electron chi connectivity index (χ2n) is 7.09. The smallest absolute Gasteiger partial charge is 0.235 e. The summed E-state index contributed by atoms with van der Waals surface area (Å²) in [5, 5.41) is 12.1. The summed E-state index contributed by atoms with van der Waals surface area (Å²) in [6, 6.07) is 2.55. The maximum Gasteiger partial charge on any atom is 0.235 e. The Morgan fingerprint density at radius 1 is 1.42 bits per heavy atom. The zero-order valence-corrected chi connectivity index (χ0v) is 13.1. The van der Waals surface area contributed by atoms with Gasteiger partial charge in [0.15, 0.2) is 0 Å². The van der Waals surface area contributed by atoms with E-state index in [1.54, 1.807) is 0 Å². The van der Waals surface area contributed by atoms with E-state index in [4.69, 9.17) is 0 Å². The molecule has 4 nitrogen and oxygen atoms in total. The summed E-state index contributed by atoms with van der Waals surface area (Å²) < 4.78 is 0. The van der Waals surface area contributed by atoms with Crippen molar-refractivity contribution in [2.45, 2.75) is 59.0 Å². The van der Waals surface area contributed by atoms with Gasteiger partial charge in [0, 0.05) is 6.04 Å². The number of carbonyl (C=O) groups is 1. The normalized spacial score (nSPS) is 20.5. The first-order valence-electron chi connectivity index (χ1n) is 7.02. The molecule has 1 rings (SSSR count). The second kappa shape index (κ2) is 5.50. The minimum atomic E-state index is -0.692. The van der Waals surface area contributed by atoms with E-state index in [0.29, 0.717) is 18.5 Å². The van der Waals surface area contributed by atoms with Crippen LogP contribution in [0.15, 0.2) is 0 Å². The van der Waals surface area contributed by atoms with Crippen molar-refractivity contribution in [2.24, 2.45) is 11.3 Å². The fourth-order valence-electron chi connectivity index (χ4n) is 2.24. The highest BCUT2D eigenvalue weighted by Crippen LogP contribution is 2.39. The molecule has 1 aliphatic carbocycles. The third kappa shape index (κ3) is 4.21. The van der Waals surface area contributed by atoms with Gasteiger partial charge in [-0.25, -0.2) is 0 Å². The Morgan fingerprint density at radius 3 is 2.32 bits per heavy atom. The molecule has 0 aromatic rings. The first-order chi connectivity index (χ1) is 8.60. The number of nitrogens with zero attached hydrogens (tertiary/aromatic N) is 2. The average molecular weight is 265 g/mol. The largest absolute Gasteiger partial charge is 0.337 e. The highest BCUT2D eigenvalue weighted by atomic mass is 16.2. The zero-order valence-electron chi connectivity index (χ0n) is 13.1. The molecular weight excluding hydrogens is 238 g/mol. The first kappa shape index (κ1) is 16.0. The third-order valence-corrected chi connectivity index (χ3v) is 4.33. The second-order valence-corrected chi connectivity index (χ2v) is 7.09. The molecule has 0 spiro atoms. The molecule has 0 aromatic heterocycles. The van der Waals surface area contributed by atoms with Gasteiger partial charge in [0.2, 0.25) is 5.91 Å². The molecule has 0 bridgehead atoms. The van der Waals surface area contributed by atoms with Crippen LogP contribution in [-0.4, -0.2) is 36.0 Å². The van der Waals surface area contributed by atoms with E-state index in [1.807, 2.05) is 18.9 Å². The number of likely N-dealkylation sites (N-methyl/N-ethyl adjacent to an activating group) is 1. The molecule has 1 fully saturated rings. The lowest BCUT2D eigenvalue weighted by Gasteiger charge is -2.35. The van der Waals surface area contributed by atoms with Crippen molar-refractivity contribution < 1.29 is 4.79 Å². The lowest BCUT2D eigenvalue weighted by Crippen LogP contribution is -2.51. The van der Waals surface area contributed by atoms with E-state index in [0.717, 1.165) is 12.8 Å². The van der Waals surface area contributed by atoms with Crippen LogP contribution in [0.25, 0.3) is 0 Å². The minimum Gasteiger partial charge on any atom is -0.337 e. The standard InChI is InChI=1S/C15H27N3O/c1-11(14(2,3)4)18(6)9-13(19)17-15(5,10-16)12-7-8-12/h11-12H,7-9H2,1-6H3,(H,17,19)/t11-,15+/m1/s1. The summed E-state index contributed by atoms with van der Waals surface area (Å²) in [4.78, 5) is 14.1. The summed E-state index contributed by atoms with van der Waals surface area (Å²) in [6.07, 6.45) is 2.08. The van der Waals surface area contributed by atoms with Crippen LogP contribution in [0, 0.1) is 22.7 Å². The van der Waals surface area contributed by atoms with E-state index < -0.39 is 5.54 Å². The number of hydrogen-bond donors (Lipinski definition) is 1. The van der Waals surface area contributed by atoms with Gasteiger partial charge in [-0.1, -0.05) is 20.8 Å². The molecule has 0 aliphatic heterocycles.